The summed E-state index contributed by atoms with van der Waals surface area (Å²) in [5.74, 6) is -0.148. The van der Waals surface area contributed by atoms with Gasteiger partial charge in [0.2, 0.25) is 0 Å². The second kappa shape index (κ2) is 7.17. The van der Waals surface area contributed by atoms with E-state index in [1.807, 2.05) is 0 Å². The van der Waals surface area contributed by atoms with Crippen LogP contribution in [0.4, 0.5) is 0 Å². The van der Waals surface area contributed by atoms with Gasteiger partial charge in [-0.05, 0) is 48.6 Å². The topological polar surface area (TPSA) is 75.6 Å². The molecule has 1 aliphatic rings. The third kappa shape index (κ3) is 4.13. The summed E-state index contributed by atoms with van der Waals surface area (Å²) in [5.41, 5.74) is 0.929. The van der Waals surface area contributed by atoms with Crippen molar-refractivity contribution in [1.82, 2.24) is 5.32 Å². The van der Waals surface area contributed by atoms with Gasteiger partial charge in [-0.2, -0.15) is 0 Å². The fourth-order valence-corrected chi connectivity index (χ4v) is 2.35. The Labute approximate surface area is 140 Å². The highest BCUT2D eigenvalue weighted by Gasteiger charge is 2.23. The predicted octanol–water partition coefficient (Wildman–Crippen LogP) is 3.03. The highest BCUT2D eigenvalue weighted by molar-refractivity contribution is 5.96. The SMILES string of the molecule is O=C(N[C@H](C(=O)O)c1ccccc1)c1ccc(OCC2CC2)cc1. The maximum Gasteiger partial charge on any atom is 0.330 e. The minimum Gasteiger partial charge on any atom is -0.493 e. The smallest absolute Gasteiger partial charge is 0.330 e. The van der Waals surface area contributed by atoms with Crippen molar-refractivity contribution in [2.24, 2.45) is 5.92 Å². The van der Waals surface area contributed by atoms with Crippen LogP contribution in [0.1, 0.15) is 34.8 Å². The number of nitrogens with one attached hydrogen (secondary N) is 1. The van der Waals surface area contributed by atoms with Gasteiger partial charge in [0.15, 0.2) is 6.04 Å². The van der Waals surface area contributed by atoms with Crippen LogP contribution in [0.2, 0.25) is 0 Å². The zero-order chi connectivity index (χ0) is 16.9. The van der Waals surface area contributed by atoms with E-state index in [0.29, 0.717) is 23.7 Å². The molecule has 1 atom stereocenters. The summed E-state index contributed by atoms with van der Waals surface area (Å²) in [6.07, 6.45) is 2.44. The highest BCUT2D eigenvalue weighted by atomic mass is 16.5. The highest BCUT2D eigenvalue weighted by Crippen LogP contribution is 2.29. The van der Waals surface area contributed by atoms with Crippen LogP contribution in [0.25, 0.3) is 0 Å². The lowest BCUT2D eigenvalue weighted by molar-refractivity contribution is -0.139. The Morgan fingerprint density at radius 1 is 1.08 bits per heavy atom. The Morgan fingerprint density at radius 2 is 1.75 bits per heavy atom. The number of carboxylic acids is 1. The molecule has 0 radical (unpaired) electrons. The van der Waals surface area contributed by atoms with Gasteiger partial charge in [0, 0.05) is 5.56 Å². The van der Waals surface area contributed by atoms with Crippen molar-refractivity contribution in [1.29, 1.82) is 0 Å². The molecule has 0 saturated heterocycles. The number of carbonyl (C=O) groups is 2. The number of hydrogen-bond donors (Lipinski definition) is 2. The summed E-state index contributed by atoms with van der Waals surface area (Å²) >= 11 is 0. The van der Waals surface area contributed by atoms with E-state index in [2.05, 4.69) is 5.32 Å². The van der Waals surface area contributed by atoms with Crippen molar-refractivity contribution in [3.05, 3.63) is 65.7 Å². The Hall–Kier alpha value is -2.82. The van der Waals surface area contributed by atoms with Gasteiger partial charge in [0.1, 0.15) is 5.75 Å². The molecule has 1 fully saturated rings. The molecule has 2 aromatic rings. The lowest BCUT2D eigenvalue weighted by Crippen LogP contribution is -2.33. The molecule has 2 N–H and O–H groups in total. The first-order valence-corrected chi connectivity index (χ1v) is 7.95. The maximum atomic E-state index is 12.3. The normalized spacial score (nSPS) is 14.7. The second-order valence-corrected chi connectivity index (χ2v) is 5.93. The van der Waals surface area contributed by atoms with E-state index in [4.69, 9.17) is 4.74 Å². The van der Waals surface area contributed by atoms with E-state index in [0.717, 1.165) is 5.75 Å². The quantitative estimate of drug-likeness (QED) is 0.820. The minimum atomic E-state index is -1.10. The Morgan fingerprint density at radius 3 is 2.33 bits per heavy atom. The van der Waals surface area contributed by atoms with Crippen molar-refractivity contribution in [3.63, 3.8) is 0 Å². The van der Waals surface area contributed by atoms with Gasteiger partial charge in [-0.1, -0.05) is 30.3 Å². The van der Waals surface area contributed by atoms with Crippen molar-refractivity contribution in [2.45, 2.75) is 18.9 Å². The molecule has 0 bridgehead atoms. The second-order valence-electron chi connectivity index (χ2n) is 5.93. The summed E-state index contributed by atoms with van der Waals surface area (Å²) in [6, 6.07) is 14.3. The van der Waals surface area contributed by atoms with Gasteiger partial charge in [-0.3, -0.25) is 4.79 Å². The summed E-state index contributed by atoms with van der Waals surface area (Å²) in [7, 11) is 0. The van der Waals surface area contributed by atoms with Crippen LogP contribution < -0.4 is 10.1 Å². The number of carbonyl (C=O) groups excluding carboxylic acids is 1. The van der Waals surface area contributed by atoms with Crippen molar-refractivity contribution >= 4 is 11.9 Å². The van der Waals surface area contributed by atoms with Crippen LogP contribution in [0.5, 0.6) is 5.75 Å². The molecule has 124 valence electrons. The summed E-state index contributed by atoms with van der Waals surface area (Å²) < 4.78 is 5.63. The Bertz CT molecular complexity index is 708. The maximum absolute atomic E-state index is 12.3. The van der Waals surface area contributed by atoms with Crippen molar-refractivity contribution < 1.29 is 19.4 Å². The van der Waals surface area contributed by atoms with Crippen LogP contribution in [-0.2, 0) is 4.79 Å². The number of ether oxygens (including phenoxy) is 1. The summed E-state index contributed by atoms with van der Waals surface area (Å²) in [5, 5.41) is 11.9. The lowest BCUT2D eigenvalue weighted by atomic mass is 10.1. The predicted molar refractivity (Wildman–Crippen MR) is 88.9 cm³/mol. The Kier molecular flexibility index (Phi) is 4.79. The van der Waals surface area contributed by atoms with Gasteiger partial charge in [-0.15, -0.1) is 0 Å². The third-order valence-electron chi connectivity index (χ3n) is 3.95. The molecular weight excluding hydrogens is 306 g/mol. The van der Waals surface area contributed by atoms with Crippen molar-refractivity contribution in [3.8, 4) is 5.75 Å². The van der Waals surface area contributed by atoms with E-state index in [1.165, 1.54) is 12.8 Å². The van der Waals surface area contributed by atoms with Crippen LogP contribution in [0.3, 0.4) is 0 Å². The molecule has 5 nitrogen and oxygen atoms in total. The first-order chi connectivity index (χ1) is 11.6. The monoisotopic (exact) mass is 325 g/mol. The lowest BCUT2D eigenvalue weighted by Gasteiger charge is -2.15. The number of aliphatic carboxylic acids is 1. The molecule has 0 unspecified atom stereocenters. The van der Waals surface area contributed by atoms with Crippen LogP contribution in [0, 0.1) is 5.92 Å². The molecule has 5 heteroatoms. The van der Waals surface area contributed by atoms with E-state index in [-0.39, 0.29) is 0 Å². The fraction of sp³-hybridized carbons (Fsp3) is 0.263. The largest absolute Gasteiger partial charge is 0.493 e. The number of rotatable bonds is 7. The molecule has 0 spiro atoms. The van der Waals surface area contributed by atoms with Gasteiger partial charge in [0.05, 0.1) is 6.61 Å². The third-order valence-corrected chi connectivity index (χ3v) is 3.95. The molecule has 24 heavy (non-hydrogen) atoms. The van der Waals surface area contributed by atoms with E-state index in [1.54, 1.807) is 54.6 Å². The van der Waals surface area contributed by atoms with Gasteiger partial charge < -0.3 is 15.2 Å². The first kappa shape index (κ1) is 16.1. The molecule has 2 aromatic carbocycles. The Balaban J connectivity index is 1.65. The van der Waals surface area contributed by atoms with Crippen LogP contribution in [0.15, 0.2) is 54.6 Å². The zero-order valence-corrected chi connectivity index (χ0v) is 13.1. The van der Waals surface area contributed by atoms with Crippen molar-refractivity contribution in [2.75, 3.05) is 6.61 Å². The van der Waals surface area contributed by atoms with Crippen LogP contribution in [-0.4, -0.2) is 23.6 Å². The standard InChI is InChI=1S/C19H19NO4/c21-18(20-17(19(22)23)14-4-2-1-3-5-14)15-8-10-16(11-9-15)24-12-13-6-7-13/h1-5,8-11,13,17H,6-7,12H2,(H,20,21)(H,22,23)/t17-/m0/s1. The average molecular weight is 325 g/mol. The van der Waals surface area contributed by atoms with Gasteiger partial charge in [-0.25, -0.2) is 4.79 Å². The molecule has 1 saturated carbocycles. The number of amides is 1. The molecule has 3 rings (SSSR count). The number of hydrogen-bond acceptors (Lipinski definition) is 3. The zero-order valence-electron chi connectivity index (χ0n) is 13.1. The molecule has 0 heterocycles. The molecule has 0 aliphatic heterocycles. The molecule has 1 amide bonds. The van der Waals surface area contributed by atoms with E-state index >= 15 is 0 Å². The van der Waals surface area contributed by atoms with E-state index < -0.39 is 17.9 Å². The summed E-state index contributed by atoms with van der Waals surface area (Å²) in [4.78, 5) is 23.7. The molecule has 1 aliphatic carbocycles. The molecule has 0 aromatic heterocycles. The van der Waals surface area contributed by atoms with E-state index in [9.17, 15) is 14.7 Å². The van der Waals surface area contributed by atoms with Gasteiger partial charge >= 0.3 is 5.97 Å². The minimum absolute atomic E-state index is 0.399. The van der Waals surface area contributed by atoms with Crippen LogP contribution >= 0.6 is 0 Å². The summed E-state index contributed by atoms with van der Waals surface area (Å²) in [6.45, 7) is 0.709. The van der Waals surface area contributed by atoms with Gasteiger partial charge in [0.25, 0.3) is 5.91 Å². The average Bonchev–Trinajstić information content (AvgIpc) is 3.43. The molecular formula is C19H19NO4. The fourth-order valence-electron chi connectivity index (χ4n) is 2.35. The number of carboxylic acid groups (broad SMARTS) is 1. The first-order valence-electron chi connectivity index (χ1n) is 7.95. The number of benzene rings is 2.